The van der Waals surface area contributed by atoms with Gasteiger partial charge in [-0.15, -0.1) is 10.2 Å². The monoisotopic (exact) mass is 468 g/mol. The Morgan fingerprint density at radius 2 is 1.77 bits per heavy atom. The zero-order chi connectivity index (χ0) is 24.5. The number of carbonyl (C=O) groups excluding carboxylic acids is 1. The SMILES string of the molecule is CCOc1ccc(-n2nc3ccc(NC(=O)c4cn(CC)c5nc(C)ccc5c4=O)cc3n2)cc1. The number of nitrogens with one attached hydrogen (secondary N) is 1. The van der Waals surface area contributed by atoms with Crippen molar-refractivity contribution in [3.63, 3.8) is 0 Å². The van der Waals surface area contributed by atoms with Crippen molar-refractivity contribution in [1.82, 2.24) is 24.5 Å². The molecule has 0 saturated carbocycles. The molecule has 3 heterocycles. The van der Waals surface area contributed by atoms with Crippen LogP contribution in [0.25, 0.3) is 27.8 Å². The number of pyridine rings is 2. The highest BCUT2D eigenvalue weighted by Gasteiger charge is 2.17. The molecule has 0 fully saturated rings. The molecular formula is C26H24N6O3. The summed E-state index contributed by atoms with van der Waals surface area (Å²) in [5.41, 5.74) is 3.68. The standard InChI is InChI=1S/C26H24N6O3/c1-4-31-15-21(24(33)20-12-6-16(3)27-25(20)31)26(34)28-17-7-13-22-23(14-17)30-32(29-22)18-8-10-19(11-9-18)35-5-2/h6-15H,4-5H2,1-3H3,(H,28,34). The molecule has 9 heteroatoms. The number of aromatic nitrogens is 5. The van der Waals surface area contributed by atoms with Crippen LogP contribution in [-0.2, 0) is 6.54 Å². The predicted octanol–water partition coefficient (Wildman–Crippen LogP) is 4.11. The number of nitrogens with zero attached hydrogens (tertiary/aromatic N) is 5. The molecule has 5 rings (SSSR count). The summed E-state index contributed by atoms with van der Waals surface area (Å²) in [4.78, 5) is 32.1. The van der Waals surface area contributed by atoms with Crippen LogP contribution in [0.5, 0.6) is 5.75 Å². The summed E-state index contributed by atoms with van der Waals surface area (Å²) in [6, 6.07) is 16.2. The van der Waals surface area contributed by atoms with Gasteiger partial charge in [-0.25, -0.2) is 4.98 Å². The first-order valence-electron chi connectivity index (χ1n) is 11.4. The molecule has 0 radical (unpaired) electrons. The quantitative estimate of drug-likeness (QED) is 0.402. The van der Waals surface area contributed by atoms with Crippen molar-refractivity contribution in [3.05, 3.63) is 82.3 Å². The molecule has 2 aromatic carbocycles. The number of amides is 1. The smallest absolute Gasteiger partial charge is 0.261 e. The Hall–Kier alpha value is -4.53. The van der Waals surface area contributed by atoms with Crippen molar-refractivity contribution >= 4 is 33.7 Å². The Balaban J connectivity index is 1.44. The van der Waals surface area contributed by atoms with E-state index in [0.29, 0.717) is 40.9 Å². The molecule has 1 amide bonds. The van der Waals surface area contributed by atoms with Crippen LogP contribution in [0.2, 0.25) is 0 Å². The van der Waals surface area contributed by atoms with Gasteiger partial charge in [0.25, 0.3) is 5.91 Å². The van der Waals surface area contributed by atoms with E-state index in [4.69, 9.17) is 4.74 Å². The van der Waals surface area contributed by atoms with Crippen LogP contribution in [0.3, 0.4) is 0 Å². The average molecular weight is 469 g/mol. The van der Waals surface area contributed by atoms with E-state index in [2.05, 4.69) is 20.5 Å². The third kappa shape index (κ3) is 4.23. The number of ether oxygens (including phenoxy) is 1. The highest BCUT2D eigenvalue weighted by atomic mass is 16.5. The first-order chi connectivity index (χ1) is 17.0. The second-order valence-electron chi connectivity index (χ2n) is 8.06. The summed E-state index contributed by atoms with van der Waals surface area (Å²) < 4.78 is 7.29. The van der Waals surface area contributed by atoms with Crippen molar-refractivity contribution in [2.75, 3.05) is 11.9 Å². The first-order valence-corrected chi connectivity index (χ1v) is 11.4. The summed E-state index contributed by atoms with van der Waals surface area (Å²) in [5, 5.41) is 12.3. The highest BCUT2D eigenvalue weighted by Crippen LogP contribution is 2.20. The molecule has 5 aromatic rings. The Kier molecular flexibility index (Phi) is 5.74. The van der Waals surface area contributed by atoms with E-state index in [1.54, 1.807) is 36.5 Å². The van der Waals surface area contributed by atoms with Gasteiger partial charge in [0, 0.05) is 24.1 Å². The van der Waals surface area contributed by atoms with Crippen molar-refractivity contribution in [1.29, 1.82) is 0 Å². The van der Waals surface area contributed by atoms with Gasteiger partial charge in [-0.1, -0.05) is 0 Å². The van der Waals surface area contributed by atoms with Crippen LogP contribution in [0, 0.1) is 6.92 Å². The van der Waals surface area contributed by atoms with E-state index in [1.165, 1.54) is 4.80 Å². The molecular weight excluding hydrogens is 444 g/mol. The molecule has 0 unspecified atom stereocenters. The van der Waals surface area contributed by atoms with E-state index in [9.17, 15) is 9.59 Å². The normalized spacial score (nSPS) is 11.2. The summed E-state index contributed by atoms with van der Waals surface area (Å²) in [7, 11) is 0. The lowest BCUT2D eigenvalue weighted by molar-refractivity contribution is 0.102. The second-order valence-corrected chi connectivity index (χ2v) is 8.06. The zero-order valence-corrected chi connectivity index (χ0v) is 19.6. The molecule has 0 saturated heterocycles. The van der Waals surface area contributed by atoms with E-state index in [1.807, 2.05) is 49.6 Å². The number of benzene rings is 2. The number of carbonyl (C=O) groups is 1. The zero-order valence-electron chi connectivity index (χ0n) is 19.6. The molecule has 0 bridgehead atoms. The molecule has 0 spiro atoms. The summed E-state index contributed by atoms with van der Waals surface area (Å²) in [5.74, 6) is 0.289. The van der Waals surface area contributed by atoms with Crippen LogP contribution in [0.15, 0.2) is 65.6 Å². The maximum atomic E-state index is 13.1. The molecule has 9 nitrogen and oxygen atoms in total. The molecule has 35 heavy (non-hydrogen) atoms. The lowest BCUT2D eigenvalue weighted by atomic mass is 10.1. The van der Waals surface area contributed by atoms with Crippen molar-refractivity contribution in [2.24, 2.45) is 0 Å². The average Bonchev–Trinajstić information content (AvgIpc) is 3.28. The Bertz CT molecular complexity index is 1620. The Morgan fingerprint density at radius 1 is 1.00 bits per heavy atom. The molecule has 0 aliphatic rings. The van der Waals surface area contributed by atoms with Crippen LogP contribution >= 0.6 is 0 Å². The van der Waals surface area contributed by atoms with Crippen molar-refractivity contribution in [2.45, 2.75) is 27.3 Å². The topological polar surface area (TPSA) is 104 Å². The molecule has 0 aliphatic heterocycles. The Labute approximate surface area is 201 Å². The van der Waals surface area contributed by atoms with Crippen molar-refractivity contribution < 1.29 is 9.53 Å². The lowest BCUT2D eigenvalue weighted by Gasteiger charge is -2.11. The number of hydrogen-bond donors (Lipinski definition) is 1. The number of rotatable bonds is 6. The molecule has 176 valence electrons. The second kappa shape index (κ2) is 9.02. The van der Waals surface area contributed by atoms with Crippen LogP contribution < -0.4 is 15.5 Å². The molecule has 0 atom stereocenters. The van der Waals surface area contributed by atoms with Gasteiger partial charge in [0.1, 0.15) is 28.0 Å². The van der Waals surface area contributed by atoms with E-state index in [-0.39, 0.29) is 11.0 Å². The van der Waals surface area contributed by atoms with E-state index < -0.39 is 5.91 Å². The highest BCUT2D eigenvalue weighted by molar-refractivity contribution is 6.06. The predicted molar refractivity (Wildman–Crippen MR) is 134 cm³/mol. The fourth-order valence-corrected chi connectivity index (χ4v) is 3.91. The Morgan fingerprint density at radius 3 is 2.51 bits per heavy atom. The molecule has 3 aromatic heterocycles. The molecule has 0 aliphatic carbocycles. The maximum absolute atomic E-state index is 13.1. The first kappa shape index (κ1) is 22.3. The van der Waals surface area contributed by atoms with Crippen molar-refractivity contribution in [3.8, 4) is 11.4 Å². The summed E-state index contributed by atoms with van der Waals surface area (Å²) in [6.45, 7) is 6.92. The van der Waals surface area contributed by atoms with Crippen LogP contribution in [0.4, 0.5) is 5.69 Å². The van der Waals surface area contributed by atoms with Gasteiger partial charge >= 0.3 is 0 Å². The number of fused-ring (bicyclic) bond motifs is 2. The number of anilines is 1. The third-order valence-corrected chi connectivity index (χ3v) is 5.66. The minimum atomic E-state index is -0.488. The van der Waals surface area contributed by atoms with Gasteiger partial charge < -0.3 is 14.6 Å². The molecule has 1 N–H and O–H groups in total. The lowest BCUT2D eigenvalue weighted by Crippen LogP contribution is -2.24. The minimum absolute atomic E-state index is 0.0585. The van der Waals surface area contributed by atoms with Gasteiger partial charge in [0.05, 0.1) is 17.7 Å². The largest absolute Gasteiger partial charge is 0.494 e. The minimum Gasteiger partial charge on any atom is -0.494 e. The van der Waals surface area contributed by atoms with E-state index >= 15 is 0 Å². The summed E-state index contributed by atoms with van der Waals surface area (Å²) in [6.07, 6.45) is 1.56. The van der Waals surface area contributed by atoms with Gasteiger partial charge in [-0.05, 0) is 75.4 Å². The van der Waals surface area contributed by atoms with Crippen LogP contribution in [-0.4, -0.2) is 37.1 Å². The number of aryl methyl sites for hydroxylation is 2. The van der Waals surface area contributed by atoms with Gasteiger partial charge in [0.2, 0.25) is 5.43 Å². The van der Waals surface area contributed by atoms with E-state index in [0.717, 1.165) is 17.1 Å². The van der Waals surface area contributed by atoms with Gasteiger partial charge in [-0.2, -0.15) is 4.80 Å². The van der Waals surface area contributed by atoms with Crippen LogP contribution in [0.1, 0.15) is 29.9 Å². The summed E-state index contributed by atoms with van der Waals surface area (Å²) >= 11 is 0. The maximum Gasteiger partial charge on any atom is 0.261 e. The van der Waals surface area contributed by atoms with Gasteiger partial charge in [-0.3, -0.25) is 9.59 Å². The third-order valence-electron chi connectivity index (χ3n) is 5.66. The number of hydrogen-bond acceptors (Lipinski definition) is 6. The fraction of sp³-hybridized carbons (Fsp3) is 0.192. The fourth-order valence-electron chi connectivity index (χ4n) is 3.91. The van der Waals surface area contributed by atoms with Gasteiger partial charge in [0.15, 0.2) is 0 Å².